The van der Waals surface area contributed by atoms with Crippen molar-refractivity contribution in [1.82, 2.24) is 25.4 Å². The number of nitrogens with zero attached hydrogens (tertiary/aromatic N) is 4. The van der Waals surface area contributed by atoms with E-state index < -0.39 is 0 Å². The lowest BCUT2D eigenvalue weighted by Crippen LogP contribution is -1.83. The second kappa shape index (κ2) is 4.48. The summed E-state index contributed by atoms with van der Waals surface area (Å²) in [5.41, 5.74) is 0. The zero-order valence-electron chi connectivity index (χ0n) is 9.51. The molecule has 0 radical (unpaired) electrons. The minimum absolute atomic E-state index is 0.604. The third-order valence-electron chi connectivity index (χ3n) is 2.58. The van der Waals surface area contributed by atoms with E-state index in [1.165, 1.54) is 24.6 Å². The van der Waals surface area contributed by atoms with Gasteiger partial charge in [0.25, 0.3) is 0 Å². The van der Waals surface area contributed by atoms with E-state index in [0.717, 1.165) is 17.4 Å². The molecule has 0 saturated heterocycles. The smallest absolute Gasteiger partial charge is 0.226 e. The topological polar surface area (TPSA) is 80.5 Å². The molecule has 1 aliphatic carbocycles. The van der Waals surface area contributed by atoms with Gasteiger partial charge < -0.3 is 4.42 Å². The predicted molar refractivity (Wildman–Crippen MR) is 61.6 cm³/mol. The molecule has 0 amide bonds. The van der Waals surface area contributed by atoms with Crippen LogP contribution in [0.3, 0.4) is 0 Å². The van der Waals surface area contributed by atoms with E-state index in [0.29, 0.717) is 23.5 Å². The number of aromatic amines is 1. The summed E-state index contributed by atoms with van der Waals surface area (Å²) in [5, 5.41) is 15.7. The van der Waals surface area contributed by atoms with Crippen LogP contribution in [0.2, 0.25) is 0 Å². The van der Waals surface area contributed by atoms with Crippen LogP contribution in [0.25, 0.3) is 0 Å². The van der Waals surface area contributed by atoms with Gasteiger partial charge in [0.1, 0.15) is 5.82 Å². The second-order valence-electron chi connectivity index (χ2n) is 4.01. The van der Waals surface area contributed by atoms with Crippen LogP contribution in [-0.2, 0) is 12.2 Å². The van der Waals surface area contributed by atoms with Crippen molar-refractivity contribution < 1.29 is 4.42 Å². The minimum Gasteiger partial charge on any atom is -0.424 e. The van der Waals surface area contributed by atoms with Crippen LogP contribution in [-0.4, -0.2) is 25.4 Å². The first-order chi connectivity index (χ1) is 8.35. The molecule has 6 nitrogen and oxygen atoms in total. The Morgan fingerprint density at radius 1 is 1.35 bits per heavy atom. The van der Waals surface area contributed by atoms with Crippen molar-refractivity contribution in [3.63, 3.8) is 0 Å². The Balaban J connectivity index is 1.58. The van der Waals surface area contributed by atoms with Crippen LogP contribution in [0, 0.1) is 0 Å². The Morgan fingerprint density at radius 2 is 2.18 bits per heavy atom. The summed E-state index contributed by atoms with van der Waals surface area (Å²) in [6.45, 7) is 1.99. The molecule has 0 spiro atoms. The molecule has 2 heterocycles. The third-order valence-corrected chi connectivity index (χ3v) is 3.41. The molecule has 3 rings (SSSR count). The Labute approximate surface area is 103 Å². The highest BCUT2D eigenvalue weighted by atomic mass is 32.2. The van der Waals surface area contributed by atoms with Gasteiger partial charge in [0.15, 0.2) is 0 Å². The first kappa shape index (κ1) is 10.8. The van der Waals surface area contributed by atoms with Crippen LogP contribution in [0.1, 0.15) is 43.3 Å². The van der Waals surface area contributed by atoms with E-state index in [2.05, 4.69) is 25.4 Å². The molecule has 1 aliphatic rings. The molecule has 0 aromatic carbocycles. The molecule has 1 saturated carbocycles. The van der Waals surface area contributed by atoms with Crippen molar-refractivity contribution in [1.29, 1.82) is 0 Å². The summed E-state index contributed by atoms with van der Waals surface area (Å²) in [7, 11) is 0. The van der Waals surface area contributed by atoms with E-state index in [1.54, 1.807) is 0 Å². The van der Waals surface area contributed by atoms with Crippen LogP contribution in [0.5, 0.6) is 0 Å². The largest absolute Gasteiger partial charge is 0.424 e. The SMILES string of the molecule is CCc1nnc(CSc2n[nH]c(C3CC3)n2)o1. The Bertz CT molecular complexity index is 504. The van der Waals surface area contributed by atoms with Gasteiger partial charge in [-0.15, -0.1) is 15.3 Å². The lowest BCUT2D eigenvalue weighted by Gasteiger charge is -1.90. The summed E-state index contributed by atoms with van der Waals surface area (Å²) < 4.78 is 5.41. The molecule has 2 aromatic heterocycles. The molecular formula is C10H13N5OS. The van der Waals surface area contributed by atoms with Crippen molar-refractivity contribution in [2.45, 2.75) is 43.0 Å². The number of aryl methyl sites for hydroxylation is 1. The van der Waals surface area contributed by atoms with E-state index in [1.807, 2.05) is 6.92 Å². The average Bonchev–Trinajstić information content (AvgIpc) is 2.93. The highest BCUT2D eigenvalue weighted by Gasteiger charge is 2.27. The molecule has 7 heteroatoms. The zero-order valence-corrected chi connectivity index (χ0v) is 10.3. The van der Waals surface area contributed by atoms with Gasteiger partial charge in [-0.3, -0.25) is 5.10 Å². The van der Waals surface area contributed by atoms with Crippen LogP contribution in [0.4, 0.5) is 0 Å². The quantitative estimate of drug-likeness (QED) is 0.818. The predicted octanol–water partition coefficient (Wildman–Crippen LogP) is 1.92. The molecule has 1 fully saturated rings. The van der Waals surface area contributed by atoms with Gasteiger partial charge in [-0.05, 0) is 12.8 Å². The maximum Gasteiger partial charge on any atom is 0.226 e. The summed E-state index contributed by atoms with van der Waals surface area (Å²) in [6.07, 6.45) is 3.22. The highest BCUT2D eigenvalue weighted by Crippen LogP contribution is 2.38. The standard InChI is InChI=1S/C10H13N5OS/c1-2-7-12-13-8(16-7)5-17-10-11-9(14-15-10)6-3-4-6/h6H,2-5H2,1H3,(H,11,14,15). The first-order valence-corrected chi connectivity index (χ1v) is 6.70. The van der Waals surface area contributed by atoms with Gasteiger partial charge in [0.05, 0.1) is 5.75 Å². The summed E-state index contributed by atoms with van der Waals surface area (Å²) in [4.78, 5) is 4.42. The van der Waals surface area contributed by atoms with Crippen molar-refractivity contribution in [3.8, 4) is 0 Å². The fourth-order valence-corrected chi connectivity index (χ4v) is 2.12. The second-order valence-corrected chi connectivity index (χ2v) is 4.95. The molecule has 0 unspecified atom stereocenters. The molecule has 90 valence electrons. The fraction of sp³-hybridized carbons (Fsp3) is 0.600. The molecule has 2 aromatic rings. The average molecular weight is 251 g/mol. The molecule has 1 N–H and O–H groups in total. The Hall–Kier alpha value is -1.37. The lowest BCUT2D eigenvalue weighted by molar-refractivity contribution is 0.470. The van der Waals surface area contributed by atoms with Crippen molar-refractivity contribution in [3.05, 3.63) is 17.6 Å². The van der Waals surface area contributed by atoms with Crippen molar-refractivity contribution in [2.24, 2.45) is 0 Å². The van der Waals surface area contributed by atoms with Crippen molar-refractivity contribution in [2.75, 3.05) is 0 Å². The van der Waals surface area contributed by atoms with Gasteiger partial charge in [-0.25, -0.2) is 4.98 Å². The normalized spacial score (nSPS) is 15.4. The van der Waals surface area contributed by atoms with Crippen LogP contribution < -0.4 is 0 Å². The summed E-state index contributed by atoms with van der Waals surface area (Å²) in [5.74, 6) is 3.53. The monoisotopic (exact) mass is 251 g/mol. The highest BCUT2D eigenvalue weighted by molar-refractivity contribution is 7.98. The lowest BCUT2D eigenvalue weighted by atomic mass is 10.4. The molecule has 0 bridgehead atoms. The number of thioether (sulfide) groups is 1. The van der Waals surface area contributed by atoms with E-state index >= 15 is 0 Å². The number of hydrogen-bond acceptors (Lipinski definition) is 6. The molecular weight excluding hydrogens is 238 g/mol. The van der Waals surface area contributed by atoms with E-state index in [-0.39, 0.29) is 0 Å². The summed E-state index contributed by atoms with van der Waals surface area (Å²) in [6, 6.07) is 0. The number of hydrogen-bond donors (Lipinski definition) is 1. The number of H-pyrrole nitrogens is 1. The van der Waals surface area contributed by atoms with E-state index in [4.69, 9.17) is 4.42 Å². The van der Waals surface area contributed by atoms with Crippen molar-refractivity contribution >= 4 is 11.8 Å². The maximum absolute atomic E-state index is 5.41. The fourth-order valence-electron chi connectivity index (χ4n) is 1.48. The summed E-state index contributed by atoms with van der Waals surface area (Å²) >= 11 is 1.51. The number of aromatic nitrogens is 5. The zero-order chi connectivity index (χ0) is 11.7. The van der Waals surface area contributed by atoms with Gasteiger partial charge in [0, 0.05) is 12.3 Å². The van der Waals surface area contributed by atoms with Crippen LogP contribution >= 0.6 is 11.8 Å². The first-order valence-electron chi connectivity index (χ1n) is 5.71. The minimum atomic E-state index is 0.604. The van der Waals surface area contributed by atoms with E-state index in [9.17, 15) is 0 Å². The molecule has 0 aliphatic heterocycles. The van der Waals surface area contributed by atoms with Gasteiger partial charge in [-0.2, -0.15) is 0 Å². The number of rotatable bonds is 5. The van der Waals surface area contributed by atoms with Gasteiger partial charge in [-0.1, -0.05) is 18.7 Å². The maximum atomic E-state index is 5.41. The molecule has 0 atom stereocenters. The van der Waals surface area contributed by atoms with Gasteiger partial charge in [0.2, 0.25) is 16.9 Å². The Morgan fingerprint density at radius 3 is 2.88 bits per heavy atom. The number of nitrogens with one attached hydrogen (secondary N) is 1. The van der Waals surface area contributed by atoms with Gasteiger partial charge >= 0.3 is 0 Å². The molecule has 17 heavy (non-hydrogen) atoms. The Kier molecular flexibility index (Phi) is 2.84. The van der Waals surface area contributed by atoms with Crippen LogP contribution in [0.15, 0.2) is 9.57 Å². The third kappa shape index (κ3) is 2.49.